The van der Waals surface area contributed by atoms with E-state index in [0.29, 0.717) is 17.7 Å². The summed E-state index contributed by atoms with van der Waals surface area (Å²) in [4.78, 5) is 0. The van der Waals surface area contributed by atoms with Crippen LogP contribution in [-0.4, -0.2) is 20.5 Å². The maximum atomic E-state index is 12.5. The lowest BCUT2D eigenvalue weighted by Gasteiger charge is -2.14. The molecule has 2 aromatic rings. The Morgan fingerprint density at radius 2 is 1.57 bits per heavy atom. The van der Waals surface area contributed by atoms with Crippen molar-refractivity contribution in [3.63, 3.8) is 0 Å². The van der Waals surface area contributed by atoms with E-state index in [-0.39, 0.29) is 11.1 Å². The Hall–Kier alpha value is -1.96. The Morgan fingerprint density at radius 1 is 1.00 bits per heavy atom. The highest BCUT2D eigenvalue weighted by molar-refractivity contribution is 7.88. The molecular weight excluding hydrogens is 333 g/mol. The van der Waals surface area contributed by atoms with Crippen LogP contribution in [0.2, 0.25) is 0 Å². The summed E-state index contributed by atoms with van der Waals surface area (Å²) in [5.74, 6) is 0.0755. The minimum absolute atomic E-state index is 0.231. The van der Waals surface area contributed by atoms with E-state index < -0.39 is 15.6 Å². The molecule has 0 heterocycles. The van der Waals surface area contributed by atoms with Crippen molar-refractivity contribution in [1.82, 2.24) is 0 Å². The molecule has 0 spiro atoms. The lowest BCUT2D eigenvalue weighted by molar-refractivity contribution is -0.0499. The van der Waals surface area contributed by atoms with Gasteiger partial charge in [0.05, 0.1) is 6.61 Å². The van der Waals surface area contributed by atoms with E-state index in [9.17, 15) is 21.6 Å². The van der Waals surface area contributed by atoms with Crippen LogP contribution in [0.4, 0.5) is 13.2 Å². The van der Waals surface area contributed by atoms with Gasteiger partial charge in [0.15, 0.2) is 5.75 Å². The number of fused-ring (bicyclic) bond motifs is 1. The lowest BCUT2D eigenvalue weighted by atomic mass is 10.1. The van der Waals surface area contributed by atoms with Crippen LogP contribution in [-0.2, 0) is 10.1 Å². The molecule has 0 radical (unpaired) electrons. The Labute approximate surface area is 131 Å². The van der Waals surface area contributed by atoms with E-state index in [1.807, 2.05) is 6.92 Å². The zero-order chi connectivity index (χ0) is 17.1. The maximum absolute atomic E-state index is 12.5. The van der Waals surface area contributed by atoms with Crippen molar-refractivity contribution in [3.05, 3.63) is 36.4 Å². The second-order valence-electron chi connectivity index (χ2n) is 4.79. The molecule has 4 nitrogen and oxygen atoms in total. The molecule has 0 aliphatic carbocycles. The van der Waals surface area contributed by atoms with Crippen LogP contribution in [0.3, 0.4) is 0 Å². The van der Waals surface area contributed by atoms with E-state index in [1.54, 1.807) is 18.2 Å². The number of alkyl halides is 3. The van der Waals surface area contributed by atoms with E-state index in [0.717, 1.165) is 18.9 Å². The van der Waals surface area contributed by atoms with Gasteiger partial charge in [-0.1, -0.05) is 37.6 Å². The van der Waals surface area contributed by atoms with Crippen molar-refractivity contribution in [1.29, 1.82) is 0 Å². The fourth-order valence-corrected chi connectivity index (χ4v) is 2.41. The molecular formula is C15H15F3O4S. The van der Waals surface area contributed by atoms with Gasteiger partial charge in [0, 0.05) is 10.8 Å². The highest BCUT2D eigenvalue weighted by Gasteiger charge is 2.48. The average molecular weight is 348 g/mol. The standard InChI is InChI=1S/C15H15F3O4S/c1-2-3-10-21-13-8-9-14(12-7-5-4-6-11(12)13)22-23(19,20)15(16,17)18/h4-9H,2-3,10H2,1H3. The third-order valence-electron chi connectivity index (χ3n) is 3.08. The molecule has 2 aromatic carbocycles. The third-order valence-corrected chi connectivity index (χ3v) is 4.05. The smallest absolute Gasteiger partial charge is 0.493 e. The minimum atomic E-state index is -5.72. The number of hydrogen-bond acceptors (Lipinski definition) is 4. The second kappa shape index (κ2) is 6.66. The van der Waals surface area contributed by atoms with Gasteiger partial charge in [-0.2, -0.15) is 21.6 Å². The summed E-state index contributed by atoms with van der Waals surface area (Å²) in [6.07, 6.45) is 1.76. The molecule has 8 heteroatoms. The Morgan fingerprint density at radius 3 is 2.13 bits per heavy atom. The largest absolute Gasteiger partial charge is 0.534 e. The summed E-state index contributed by atoms with van der Waals surface area (Å²) in [6.45, 7) is 2.46. The van der Waals surface area contributed by atoms with Crippen molar-refractivity contribution in [2.75, 3.05) is 6.61 Å². The zero-order valence-electron chi connectivity index (χ0n) is 12.3. The van der Waals surface area contributed by atoms with Crippen LogP contribution in [0, 0.1) is 0 Å². The quantitative estimate of drug-likeness (QED) is 0.445. The van der Waals surface area contributed by atoms with E-state index in [2.05, 4.69) is 4.18 Å². The van der Waals surface area contributed by atoms with Crippen LogP contribution in [0.25, 0.3) is 10.8 Å². The summed E-state index contributed by atoms with van der Waals surface area (Å²) in [5.41, 5.74) is -5.48. The molecule has 0 N–H and O–H groups in total. The Bertz CT molecular complexity index is 785. The molecule has 0 fully saturated rings. The molecule has 0 amide bonds. The summed E-state index contributed by atoms with van der Waals surface area (Å²) in [7, 11) is -5.72. The van der Waals surface area contributed by atoms with Gasteiger partial charge in [-0.05, 0) is 18.6 Å². The Balaban J connectivity index is 2.42. The number of ether oxygens (including phenoxy) is 1. The van der Waals surface area contributed by atoms with Gasteiger partial charge in [0.25, 0.3) is 0 Å². The van der Waals surface area contributed by atoms with E-state index >= 15 is 0 Å². The summed E-state index contributed by atoms with van der Waals surface area (Å²) >= 11 is 0. The Kier molecular flexibility index (Phi) is 5.03. The topological polar surface area (TPSA) is 52.6 Å². The summed E-state index contributed by atoms with van der Waals surface area (Å²) < 4.78 is 69.6. The number of halogens is 3. The van der Waals surface area contributed by atoms with Crippen LogP contribution in [0.15, 0.2) is 36.4 Å². The van der Waals surface area contributed by atoms with Crippen molar-refractivity contribution in [2.24, 2.45) is 0 Å². The summed E-state index contributed by atoms with van der Waals surface area (Å²) in [5, 5.41) is 0.716. The fourth-order valence-electron chi connectivity index (χ4n) is 1.93. The molecule has 0 atom stereocenters. The van der Waals surface area contributed by atoms with Crippen molar-refractivity contribution >= 4 is 20.9 Å². The van der Waals surface area contributed by atoms with Crippen molar-refractivity contribution < 1.29 is 30.5 Å². The highest BCUT2D eigenvalue weighted by atomic mass is 32.2. The first kappa shape index (κ1) is 17.4. The van der Waals surface area contributed by atoms with Gasteiger partial charge in [-0.25, -0.2) is 0 Å². The molecule has 0 aromatic heterocycles. The predicted octanol–water partition coefficient (Wildman–Crippen LogP) is 4.25. The summed E-state index contributed by atoms with van der Waals surface area (Å²) in [6, 6.07) is 8.92. The van der Waals surface area contributed by atoms with Crippen molar-refractivity contribution in [3.8, 4) is 11.5 Å². The highest BCUT2D eigenvalue weighted by Crippen LogP contribution is 2.36. The number of unbranched alkanes of at least 4 members (excludes halogenated alkanes) is 1. The number of rotatable bonds is 6. The molecule has 23 heavy (non-hydrogen) atoms. The maximum Gasteiger partial charge on any atom is 0.534 e. The first-order valence-corrected chi connectivity index (χ1v) is 8.32. The van der Waals surface area contributed by atoms with Gasteiger partial charge in [-0.3, -0.25) is 0 Å². The molecule has 0 saturated heterocycles. The third kappa shape index (κ3) is 3.87. The van der Waals surface area contributed by atoms with Gasteiger partial charge < -0.3 is 8.92 Å². The number of hydrogen-bond donors (Lipinski definition) is 0. The molecule has 0 unspecified atom stereocenters. The van der Waals surface area contributed by atoms with Crippen LogP contribution < -0.4 is 8.92 Å². The van der Waals surface area contributed by atoms with Gasteiger partial charge >= 0.3 is 15.6 Å². The van der Waals surface area contributed by atoms with Gasteiger partial charge in [0.2, 0.25) is 0 Å². The molecule has 2 rings (SSSR count). The first-order valence-electron chi connectivity index (χ1n) is 6.91. The molecule has 126 valence electrons. The van der Waals surface area contributed by atoms with Crippen molar-refractivity contribution in [2.45, 2.75) is 25.3 Å². The monoisotopic (exact) mass is 348 g/mol. The second-order valence-corrected chi connectivity index (χ2v) is 6.33. The lowest BCUT2D eigenvalue weighted by Crippen LogP contribution is -2.28. The fraction of sp³-hybridized carbons (Fsp3) is 0.333. The van der Waals surface area contributed by atoms with Crippen LogP contribution in [0.5, 0.6) is 11.5 Å². The van der Waals surface area contributed by atoms with Gasteiger partial charge in [-0.15, -0.1) is 0 Å². The molecule has 0 aliphatic rings. The normalized spacial score (nSPS) is 12.3. The SMILES string of the molecule is CCCCOc1ccc(OS(=O)(=O)C(F)(F)F)c2ccccc12. The first-order chi connectivity index (χ1) is 10.8. The van der Waals surface area contributed by atoms with Crippen LogP contribution >= 0.6 is 0 Å². The molecule has 0 aliphatic heterocycles. The van der Waals surface area contributed by atoms with Crippen LogP contribution in [0.1, 0.15) is 19.8 Å². The number of benzene rings is 2. The molecule has 0 bridgehead atoms. The van der Waals surface area contributed by atoms with E-state index in [1.165, 1.54) is 12.1 Å². The predicted molar refractivity (Wildman–Crippen MR) is 80.0 cm³/mol. The average Bonchev–Trinajstić information content (AvgIpc) is 2.48. The zero-order valence-corrected chi connectivity index (χ0v) is 13.1. The molecule has 0 saturated carbocycles. The minimum Gasteiger partial charge on any atom is -0.493 e. The van der Waals surface area contributed by atoms with E-state index in [4.69, 9.17) is 4.74 Å². The van der Waals surface area contributed by atoms with Gasteiger partial charge in [0.1, 0.15) is 5.75 Å².